The lowest BCUT2D eigenvalue weighted by atomic mass is 10.0. The van der Waals surface area contributed by atoms with Crippen LogP contribution in [0.15, 0.2) is 47.5 Å². The zero-order valence-electron chi connectivity index (χ0n) is 18.2. The maximum atomic E-state index is 13.2. The predicted octanol–water partition coefficient (Wildman–Crippen LogP) is 3.83. The topological polar surface area (TPSA) is 109 Å². The summed E-state index contributed by atoms with van der Waals surface area (Å²) in [6, 6.07) is 8.16. The van der Waals surface area contributed by atoms with Crippen LogP contribution in [0.3, 0.4) is 0 Å². The van der Waals surface area contributed by atoms with Gasteiger partial charge in [0.25, 0.3) is 10.0 Å². The van der Waals surface area contributed by atoms with Gasteiger partial charge < -0.3 is 8.92 Å². The van der Waals surface area contributed by atoms with Gasteiger partial charge in [0.15, 0.2) is 0 Å². The number of esters is 1. The van der Waals surface area contributed by atoms with Crippen molar-refractivity contribution < 1.29 is 43.7 Å². The molecule has 0 aliphatic rings. The summed E-state index contributed by atoms with van der Waals surface area (Å²) in [5.74, 6) is -1.31. The Balaban J connectivity index is 2.22. The molecular weight excluding hydrogens is 499 g/mol. The molecule has 0 unspecified atom stereocenters. The first-order valence-corrected chi connectivity index (χ1v) is 12.6. The number of halogens is 3. The van der Waals surface area contributed by atoms with Crippen molar-refractivity contribution in [3.8, 4) is 5.75 Å². The second-order valence-electron chi connectivity index (χ2n) is 7.44. The molecule has 34 heavy (non-hydrogen) atoms. The van der Waals surface area contributed by atoms with Crippen molar-refractivity contribution in [3.05, 3.63) is 59.3 Å². The Kier molecular flexibility index (Phi) is 6.73. The number of ether oxygens (including phenoxy) is 1. The molecule has 1 aromatic heterocycles. The van der Waals surface area contributed by atoms with Gasteiger partial charge in [-0.15, -0.1) is 0 Å². The van der Waals surface area contributed by atoms with Crippen molar-refractivity contribution in [2.75, 3.05) is 6.61 Å². The van der Waals surface area contributed by atoms with Gasteiger partial charge >= 0.3 is 21.6 Å². The van der Waals surface area contributed by atoms with Gasteiger partial charge in [-0.25, -0.2) is 12.4 Å². The number of rotatable bonds is 7. The fraction of sp³-hybridized carbons (Fsp3) is 0.286. The molecule has 0 radical (unpaired) electrons. The third-order valence-electron chi connectivity index (χ3n) is 4.91. The lowest BCUT2D eigenvalue weighted by Crippen LogP contribution is -2.28. The van der Waals surface area contributed by atoms with Crippen LogP contribution < -0.4 is 4.18 Å². The van der Waals surface area contributed by atoms with E-state index in [1.807, 2.05) is 0 Å². The van der Waals surface area contributed by atoms with Crippen LogP contribution in [0, 0.1) is 13.8 Å². The third-order valence-corrected chi connectivity index (χ3v) is 7.56. The minimum Gasteiger partial charge on any atom is -0.466 e. The number of benzene rings is 2. The number of hydrogen-bond donors (Lipinski definition) is 0. The molecule has 1 heterocycles. The highest BCUT2D eigenvalue weighted by molar-refractivity contribution is 7.90. The molecule has 0 amide bonds. The van der Waals surface area contributed by atoms with Gasteiger partial charge in [-0.2, -0.15) is 21.6 Å². The molecule has 3 aromatic rings. The molecule has 3 rings (SSSR count). The summed E-state index contributed by atoms with van der Waals surface area (Å²) in [7, 11) is -10.1. The van der Waals surface area contributed by atoms with E-state index in [0.29, 0.717) is 5.56 Å². The quantitative estimate of drug-likeness (QED) is 0.265. The number of alkyl halides is 3. The number of carbonyl (C=O) groups excluding carboxylic acids is 1. The number of aromatic nitrogens is 1. The van der Waals surface area contributed by atoms with E-state index in [-0.39, 0.29) is 34.4 Å². The molecular formula is C21H20F3NO7S2. The minimum atomic E-state index is -6.00. The first-order chi connectivity index (χ1) is 15.6. The Morgan fingerprint density at radius 3 is 2.18 bits per heavy atom. The summed E-state index contributed by atoms with van der Waals surface area (Å²) in [6.07, 6.45) is 1.05. The summed E-state index contributed by atoms with van der Waals surface area (Å²) >= 11 is 0. The predicted molar refractivity (Wildman–Crippen MR) is 116 cm³/mol. The van der Waals surface area contributed by atoms with Crippen LogP contribution in [0.25, 0.3) is 10.9 Å². The van der Waals surface area contributed by atoms with E-state index in [1.54, 1.807) is 19.1 Å². The molecule has 184 valence electrons. The maximum absolute atomic E-state index is 13.2. The van der Waals surface area contributed by atoms with Crippen molar-refractivity contribution in [3.63, 3.8) is 0 Å². The summed E-state index contributed by atoms with van der Waals surface area (Å²) in [5, 5.41) is 0.165. The first kappa shape index (κ1) is 25.6. The smallest absolute Gasteiger partial charge is 0.466 e. The van der Waals surface area contributed by atoms with Crippen LogP contribution in [0.2, 0.25) is 0 Å². The maximum Gasteiger partial charge on any atom is 0.534 e. The highest BCUT2D eigenvalue weighted by atomic mass is 32.2. The Labute approximate surface area is 194 Å². The lowest BCUT2D eigenvalue weighted by molar-refractivity contribution is -0.140. The average Bonchev–Trinajstić information content (AvgIpc) is 3.06. The second-order valence-corrected chi connectivity index (χ2v) is 10.8. The fourth-order valence-electron chi connectivity index (χ4n) is 3.36. The molecule has 0 spiro atoms. The summed E-state index contributed by atoms with van der Waals surface area (Å²) < 4.78 is 98.6. The van der Waals surface area contributed by atoms with Crippen LogP contribution in [0.4, 0.5) is 13.2 Å². The molecule has 8 nitrogen and oxygen atoms in total. The number of nitrogens with zero attached hydrogens (tertiary/aromatic N) is 1. The average molecular weight is 520 g/mol. The standard InChI is InChI=1S/C21H20F3NO7S2/c1-13-4-6-16(7-5-13)33(27,28)25-12-14(2)20-17(10-11-31-15(3)26)19(9-8-18(20)25)32-34(29,30)21(22,23)24/h4-9,12H,10-11H2,1-3H3. The lowest BCUT2D eigenvalue weighted by Gasteiger charge is -2.15. The van der Waals surface area contributed by atoms with E-state index < -0.39 is 37.4 Å². The minimum absolute atomic E-state index is 0.0172. The fourth-order valence-corrected chi connectivity index (χ4v) is 5.26. The van der Waals surface area contributed by atoms with E-state index >= 15 is 0 Å². The van der Waals surface area contributed by atoms with Crippen molar-refractivity contribution >= 4 is 37.0 Å². The van der Waals surface area contributed by atoms with Crippen molar-refractivity contribution in [2.45, 2.75) is 37.6 Å². The van der Waals surface area contributed by atoms with Crippen molar-refractivity contribution in [1.82, 2.24) is 3.97 Å². The van der Waals surface area contributed by atoms with E-state index in [4.69, 9.17) is 4.74 Å². The number of aryl methyl sites for hydroxylation is 2. The summed E-state index contributed by atoms with van der Waals surface area (Å²) in [4.78, 5) is 11.1. The SMILES string of the molecule is CC(=O)OCCc1c(OS(=O)(=O)C(F)(F)F)ccc2c1c(C)cn2S(=O)(=O)c1ccc(C)cc1. The van der Waals surface area contributed by atoms with Gasteiger partial charge in [-0.3, -0.25) is 4.79 Å². The molecule has 2 aromatic carbocycles. The van der Waals surface area contributed by atoms with E-state index in [1.165, 1.54) is 25.3 Å². The van der Waals surface area contributed by atoms with Crippen molar-refractivity contribution in [2.24, 2.45) is 0 Å². The zero-order chi connectivity index (χ0) is 25.5. The number of carbonyl (C=O) groups is 1. The third kappa shape index (κ3) is 4.89. The van der Waals surface area contributed by atoms with Crippen LogP contribution in [-0.4, -0.2) is 38.9 Å². The summed E-state index contributed by atoms with van der Waals surface area (Å²) in [5.41, 5.74) is -4.47. The normalized spacial score (nSPS) is 12.6. The van der Waals surface area contributed by atoms with Gasteiger partial charge in [0, 0.05) is 30.5 Å². The second kappa shape index (κ2) is 8.95. The number of hydrogen-bond acceptors (Lipinski definition) is 7. The van der Waals surface area contributed by atoms with Crippen LogP contribution in [-0.2, 0) is 36.1 Å². The van der Waals surface area contributed by atoms with Gasteiger partial charge in [0.1, 0.15) is 5.75 Å². The highest BCUT2D eigenvalue weighted by Gasteiger charge is 2.49. The first-order valence-electron chi connectivity index (χ1n) is 9.75. The molecule has 0 saturated carbocycles. The molecule has 0 bridgehead atoms. The molecule has 0 fully saturated rings. The van der Waals surface area contributed by atoms with Gasteiger partial charge in [-0.05, 0) is 43.7 Å². The van der Waals surface area contributed by atoms with Crippen LogP contribution in [0.1, 0.15) is 23.6 Å². The molecule has 0 atom stereocenters. The highest BCUT2D eigenvalue weighted by Crippen LogP contribution is 2.36. The molecule has 13 heteroatoms. The Morgan fingerprint density at radius 2 is 1.62 bits per heavy atom. The largest absolute Gasteiger partial charge is 0.534 e. The van der Waals surface area contributed by atoms with Gasteiger partial charge in [-0.1, -0.05) is 17.7 Å². The summed E-state index contributed by atoms with van der Waals surface area (Å²) in [6.45, 7) is 4.13. The molecule has 0 aliphatic heterocycles. The van der Waals surface area contributed by atoms with Gasteiger partial charge in [0.05, 0.1) is 17.0 Å². The van der Waals surface area contributed by atoms with Crippen LogP contribution >= 0.6 is 0 Å². The Bertz CT molecular complexity index is 1460. The van der Waals surface area contributed by atoms with Crippen LogP contribution in [0.5, 0.6) is 5.75 Å². The number of fused-ring (bicyclic) bond motifs is 1. The molecule has 0 N–H and O–H groups in total. The Morgan fingerprint density at radius 1 is 1.00 bits per heavy atom. The van der Waals surface area contributed by atoms with E-state index in [9.17, 15) is 34.8 Å². The van der Waals surface area contributed by atoms with E-state index in [0.717, 1.165) is 28.6 Å². The monoisotopic (exact) mass is 519 g/mol. The zero-order valence-corrected chi connectivity index (χ0v) is 19.8. The van der Waals surface area contributed by atoms with E-state index in [2.05, 4.69) is 4.18 Å². The Hall–Kier alpha value is -3.06. The van der Waals surface area contributed by atoms with Crippen molar-refractivity contribution in [1.29, 1.82) is 0 Å². The molecule has 0 aliphatic carbocycles. The molecule has 0 saturated heterocycles. The van der Waals surface area contributed by atoms with Gasteiger partial charge in [0.2, 0.25) is 0 Å².